The van der Waals surface area contributed by atoms with Crippen molar-refractivity contribution in [2.24, 2.45) is 5.92 Å². The minimum absolute atomic E-state index is 0.00403. The lowest BCUT2D eigenvalue weighted by molar-refractivity contribution is -0.149. The fourth-order valence-corrected chi connectivity index (χ4v) is 4.87. The van der Waals surface area contributed by atoms with Gasteiger partial charge in [-0.2, -0.15) is 0 Å². The molecule has 0 N–H and O–H groups in total. The number of unbranched alkanes of at least 4 members (excludes halogenated alkanes) is 1. The molecule has 1 fully saturated rings. The van der Waals surface area contributed by atoms with Gasteiger partial charge in [0.1, 0.15) is 0 Å². The van der Waals surface area contributed by atoms with Gasteiger partial charge in [0.05, 0.1) is 12.5 Å². The van der Waals surface area contributed by atoms with Crippen LogP contribution >= 0.6 is 0 Å². The number of ether oxygens (including phenoxy) is 1. The Kier molecular flexibility index (Phi) is 7.06. The summed E-state index contributed by atoms with van der Waals surface area (Å²) in [4.78, 5) is 17.0. The maximum absolute atomic E-state index is 11.9. The van der Waals surface area contributed by atoms with Crippen LogP contribution in [-0.2, 0) is 22.4 Å². The number of hydrogen-bond donors (Lipinski definition) is 0. The van der Waals surface area contributed by atoms with E-state index in [1.54, 1.807) is 0 Å². The van der Waals surface area contributed by atoms with Crippen LogP contribution in [0.4, 0.5) is 11.4 Å². The van der Waals surface area contributed by atoms with Crippen molar-refractivity contribution in [3.63, 3.8) is 0 Å². The second-order valence-corrected chi connectivity index (χ2v) is 8.48. The van der Waals surface area contributed by atoms with Gasteiger partial charge in [-0.05, 0) is 88.3 Å². The smallest absolute Gasteiger partial charge is 0.309 e. The fraction of sp³-hybridized carbons (Fsp3) is 0.500. The lowest BCUT2D eigenvalue weighted by Gasteiger charge is -2.31. The highest BCUT2D eigenvalue weighted by atomic mass is 16.5. The van der Waals surface area contributed by atoms with Crippen LogP contribution in [0.2, 0.25) is 0 Å². The van der Waals surface area contributed by atoms with Crippen molar-refractivity contribution in [3.05, 3.63) is 59.7 Å². The van der Waals surface area contributed by atoms with E-state index in [9.17, 15) is 4.79 Å². The number of esters is 1. The molecule has 0 radical (unpaired) electrons. The Morgan fingerprint density at radius 1 is 0.900 bits per heavy atom. The van der Waals surface area contributed by atoms with Gasteiger partial charge < -0.3 is 14.5 Å². The van der Waals surface area contributed by atoms with E-state index >= 15 is 0 Å². The molecule has 4 rings (SSSR count). The molecule has 0 aliphatic carbocycles. The number of anilines is 2. The van der Waals surface area contributed by atoms with E-state index in [-0.39, 0.29) is 11.9 Å². The first-order valence-electron chi connectivity index (χ1n) is 11.6. The zero-order valence-electron chi connectivity index (χ0n) is 18.2. The Morgan fingerprint density at radius 3 is 2.07 bits per heavy atom. The van der Waals surface area contributed by atoms with E-state index in [0.29, 0.717) is 6.61 Å². The summed E-state index contributed by atoms with van der Waals surface area (Å²) in [5.41, 5.74) is 5.65. The summed E-state index contributed by atoms with van der Waals surface area (Å²) in [5.74, 6) is 0.0990. The minimum Gasteiger partial charge on any atom is -0.466 e. The zero-order valence-corrected chi connectivity index (χ0v) is 18.2. The first-order chi connectivity index (χ1) is 14.8. The highest BCUT2D eigenvalue weighted by Gasteiger charge is 2.26. The lowest BCUT2D eigenvalue weighted by Crippen LogP contribution is -2.37. The quantitative estimate of drug-likeness (QED) is 0.480. The number of benzene rings is 2. The molecule has 0 unspecified atom stereocenters. The van der Waals surface area contributed by atoms with Crippen molar-refractivity contribution in [1.29, 1.82) is 0 Å². The Bertz CT molecular complexity index is 795. The summed E-state index contributed by atoms with van der Waals surface area (Å²) >= 11 is 0. The van der Waals surface area contributed by atoms with Gasteiger partial charge in [0.2, 0.25) is 0 Å². The van der Waals surface area contributed by atoms with Crippen LogP contribution < -0.4 is 4.90 Å². The summed E-state index contributed by atoms with van der Waals surface area (Å²) in [7, 11) is 0. The van der Waals surface area contributed by atoms with Gasteiger partial charge in [0, 0.05) is 17.9 Å². The summed E-state index contributed by atoms with van der Waals surface area (Å²) in [6.45, 7) is 6.56. The van der Waals surface area contributed by atoms with Crippen LogP contribution in [-0.4, -0.2) is 43.7 Å². The molecule has 160 valence electrons. The predicted molar refractivity (Wildman–Crippen MR) is 122 cm³/mol. The third-order valence-corrected chi connectivity index (χ3v) is 6.54. The summed E-state index contributed by atoms with van der Waals surface area (Å²) in [6.07, 6.45) is 6.45. The average molecular weight is 407 g/mol. The number of para-hydroxylation sites is 2. The molecule has 2 aliphatic rings. The Labute approximate surface area is 180 Å². The third-order valence-electron chi connectivity index (χ3n) is 6.54. The number of rotatable bonds is 7. The first-order valence-corrected chi connectivity index (χ1v) is 11.6. The van der Waals surface area contributed by atoms with Crippen molar-refractivity contribution in [2.45, 2.75) is 45.4 Å². The average Bonchev–Trinajstić information content (AvgIpc) is 2.94. The maximum atomic E-state index is 11.9. The molecular formula is C26H34N2O2. The fourth-order valence-electron chi connectivity index (χ4n) is 4.87. The van der Waals surface area contributed by atoms with Crippen LogP contribution in [0.3, 0.4) is 0 Å². The topological polar surface area (TPSA) is 32.8 Å². The number of fused-ring (bicyclic) bond motifs is 2. The monoisotopic (exact) mass is 406 g/mol. The van der Waals surface area contributed by atoms with Gasteiger partial charge in [-0.25, -0.2) is 0 Å². The lowest BCUT2D eigenvalue weighted by atomic mass is 9.97. The summed E-state index contributed by atoms with van der Waals surface area (Å²) in [5, 5.41) is 0. The van der Waals surface area contributed by atoms with Crippen LogP contribution in [0.5, 0.6) is 0 Å². The molecule has 0 bridgehead atoms. The zero-order chi connectivity index (χ0) is 20.8. The predicted octanol–water partition coefficient (Wildman–Crippen LogP) is 4.98. The van der Waals surface area contributed by atoms with Gasteiger partial charge in [-0.3, -0.25) is 4.79 Å². The van der Waals surface area contributed by atoms with Crippen LogP contribution in [0, 0.1) is 5.92 Å². The first kappa shape index (κ1) is 20.9. The van der Waals surface area contributed by atoms with Gasteiger partial charge in [-0.15, -0.1) is 0 Å². The number of hydrogen-bond acceptors (Lipinski definition) is 4. The third kappa shape index (κ3) is 4.86. The van der Waals surface area contributed by atoms with Crippen molar-refractivity contribution >= 4 is 17.3 Å². The molecule has 2 aromatic carbocycles. The standard InChI is InChI=1S/C26H34N2O2/c1-2-30-26(29)23-15-19-27(20-16-23)17-7-8-18-28-24-11-5-3-9-21(24)13-14-22-10-4-6-12-25(22)28/h3-6,9-12,23H,2,7-8,13-20H2,1H3. The summed E-state index contributed by atoms with van der Waals surface area (Å²) < 4.78 is 5.19. The molecule has 2 aromatic rings. The van der Waals surface area contributed by atoms with E-state index in [2.05, 4.69) is 58.3 Å². The largest absolute Gasteiger partial charge is 0.466 e. The van der Waals surface area contributed by atoms with E-state index in [1.165, 1.54) is 35.3 Å². The van der Waals surface area contributed by atoms with Crippen LogP contribution in [0.15, 0.2) is 48.5 Å². The van der Waals surface area contributed by atoms with Crippen molar-refractivity contribution < 1.29 is 9.53 Å². The van der Waals surface area contributed by atoms with Gasteiger partial charge in [0.15, 0.2) is 0 Å². The van der Waals surface area contributed by atoms with Gasteiger partial charge in [-0.1, -0.05) is 36.4 Å². The molecule has 0 spiro atoms. The van der Waals surface area contributed by atoms with E-state index in [4.69, 9.17) is 4.74 Å². The highest BCUT2D eigenvalue weighted by molar-refractivity contribution is 5.72. The van der Waals surface area contributed by atoms with Crippen LogP contribution in [0.25, 0.3) is 0 Å². The number of piperidine rings is 1. The maximum Gasteiger partial charge on any atom is 0.309 e. The van der Waals surface area contributed by atoms with E-state index in [1.807, 2.05) is 6.92 Å². The molecule has 0 atom stereocenters. The van der Waals surface area contributed by atoms with Gasteiger partial charge in [0.25, 0.3) is 0 Å². The molecule has 4 heteroatoms. The molecule has 0 amide bonds. The molecular weight excluding hydrogens is 372 g/mol. The Morgan fingerprint density at radius 2 is 1.47 bits per heavy atom. The number of carbonyl (C=O) groups is 1. The molecule has 4 nitrogen and oxygen atoms in total. The number of likely N-dealkylation sites (tertiary alicyclic amines) is 1. The Balaban J connectivity index is 1.31. The van der Waals surface area contributed by atoms with Gasteiger partial charge >= 0.3 is 5.97 Å². The summed E-state index contributed by atoms with van der Waals surface area (Å²) in [6, 6.07) is 17.7. The Hall–Kier alpha value is -2.33. The minimum atomic E-state index is -0.00403. The molecule has 2 heterocycles. The molecule has 30 heavy (non-hydrogen) atoms. The number of aryl methyl sites for hydroxylation is 2. The van der Waals surface area contributed by atoms with E-state index in [0.717, 1.165) is 51.9 Å². The normalized spacial score (nSPS) is 17.2. The van der Waals surface area contributed by atoms with Crippen molar-refractivity contribution in [2.75, 3.05) is 37.7 Å². The number of carbonyl (C=O) groups excluding carboxylic acids is 1. The SMILES string of the molecule is CCOC(=O)C1CCN(CCCCN2c3ccccc3CCc3ccccc32)CC1. The number of nitrogens with zero attached hydrogens (tertiary/aromatic N) is 2. The molecule has 2 aliphatic heterocycles. The van der Waals surface area contributed by atoms with E-state index < -0.39 is 0 Å². The highest BCUT2D eigenvalue weighted by Crippen LogP contribution is 2.36. The second kappa shape index (κ2) is 10.1. The van der Waals surface area contributed by atoms with Crippen LogP contribution in [0.1, 0.15) is 43.7 Å². The molecule has 1 saturated heterocycles. The van der Waals surface area contributed by atoms with Crippen molar-refractivity contribution in [3.8, 4) is 0 Å². The second-order valence-electron chi connectivity index (χ2n) is 8.48. The van der Waals surface area contributed by atoms with Crippen molar-refractivity contribution in [1.82, 2.24) is 4.90 Å². The molecule has 0 saturated carbocycles. The molecule has 0 aromatic heterocycles.